The van der Waals surface area contributed by atoms with Gasteiger partial charge in [-0.15, -0.1) is 0 Å². The number of guanidine groups is 1. The summed E-state index contributed by atoms with van der Waals surface area (Å²) in [5, 5.41) is 12.1. The minimum atomic E-state index is -5.41. The number of nitrogens with two attached hydrogens (primary N) is 1. The number of alkyl halides is 3. The van der Waals surface area contributed by atoms with Gasteiger partial charge in [-0.2, -0.15) is 13.2 Å². The number of carbonyl (C=O) groups is 5. The molecule has 0 saturated carbocycles. The molecular formula is C27H25F3N6O6. The zero-order valence-electron chi connectivity index (χ0n) is 22.1. The first-order chi connectivity index (χ1) is 19.8. The highest BCUT2D eigenvalue weighted by atomic mass is 19.4. The van der Waals surface area contributed by atoms with Crippen molar-refractivity contribution in [1.82, 2.24) is 15.5 Å². The first-order valence-corrected chi connectivity index (χ1v) is 12.2. The topological polar surface area (TPSA) is 175 Å². The Morgan fingerprint density at radius 3 is 2.40 bits per heavy atom. The summed E-state index contributed by atoms with van der Waals surface area (Å²) in [5.74, 6) is -1.51. The van der Waals surface area contributed by atoms with Crippen LogP contribution in [-0.4, -0.2) is 73.4 Å². The molecular weight excluding hydrogens is 561 g/mol. The summed E-state index contributed by atoms with van der Waals surface area (Å²) in [6.07, 6.45) is -6.27. The number of hydrogen-bond donors (Lipinski definition) is 4. The van der Waals surface area contributed by atoms with E-state index in [0.29, 0.717) is 5.56 Å². The molecule has 1 atom stereocenters. The molecule has 3 amide bonds. The number of benzene rings is 2. The lowest BCUT2D eigenvalue weighted by molar-refractivity contribution is -0.202. The highest BCUT2D eigenvalue weighted by molar-refractivity contribution is 6.10. The van der Waals surface area contributed by atoms with E-state index in [1.807, 2.05) is 0 Å². The fraction of sp³-hybridized carbons (Fsp3) is 0.259. The van der Waals surface area contributed by atoms with Crippen molar-refractivity contribution in [3.8, 4) is 11.8 Å². The second-order valence-corrected chi connectivity index (χ2v) is 8.85. The van der Waals surface area contributed by atoms with Crippen molar-refractivity contribution in [3.05, 3.63) is 65.2 Å². The average molecular weight is 587 g/mol. The van der Waals surface area contributed by atoms with E-state index in [1.165, 1.54) is 42.3 Å². The molecule has 0 aromatic heterocycles. The second kappa shape index (κ2) is 13.3. The Morgan fingerprint density at radius 1 is 1.10 bits per heavy atom. The maximum atomic E-state index is 13.8. The van der Waals surface area contributed by atoms with Crippen molar-refractivity contribution in [2.24, 2.45) is 5.73 Å². The zero-order valence-corrected chi connectivity index (χ0v) is 22.1. The van der Waals surface area contributed by atoms with Gasteiger partial charge in [0.2, 0.25) is 5.91 Å². The van der Waals surface area contributed by atoms with Crippen LogP contribution < -0.4 is 21.3 Å². The standard InChI is InChI=1S/C27H25F3N6O6/c1-35-19-9-7-16(8-10-21(37)33-11-12-34-26(31)32)13-18(19)24(40)36(15-22(35)38)20(17-5-3-2-4-6-17)14-23(39)42-25(41)27(28,29)30/h2-7,9,13,20H,11-12,14-15H2,1H3,(H,33,37)(H4,31,32,34). The molecule has 0 aliphatic carbocycles. The Bertz CT molecular complexity index is 1470. The van der Waals surface area contributed by atoms with Crippen LogP contribution in [-0.2, 0) is 23.9 Å². The first-order valence-electron chi connectivity index (χ1n) is 12.2. The van der Waals surface area contributed by atoms with Crippen molar-refractivity contribution in [3.63, 3.8) is 0 Å². The highest BCUT2D eigenvalue weighted by Gasteiger charge is 2.43. The molecule has 220 valence electrons. The van der Waals surface area contributed by atoms with E-state index in [9.17, 15) is 37.1 Å². The Morgan fingerprint density at radius 2 is 1.76 bits per heavy atom. The summed E-state index contributed by atoms with van der Waals surface area (Å²) >= 11 is 0. The maximum Gasteiger partial charge on any atom is 0.491 e. The van der Waals surface area contributed by atoms with E-state index in [4.69, 9.17) is 11.1 Å². The molecule has 3 rings (SSSR count). The van der Waals surface area contributed by atoms with Crippen molar-refractivity contribution >= 4 is 41.3 Å². The smallest absolute Gasteiger partial charge is 0.386 e. The Labute approximate surface area is 237 Å². The number of amides is 3. The second-order valence-electron chi connectivity index (χ2n) is 8.85. The summed E-state index contributed by atoms with van der Waals surface area (Å²) in [7, 11) is 1.42. The highest BCUT2D eigenvalue weighted by Crippen LogP contribution is 2.33. The van der Waals surface area contributed by atoms with Gasteiger partial charge in [0.25, 0.3) is 11.8 Å². The van der Waals surface area contributed by atoms with Crippen molar-refractivity contribution < 1.29 is 41.9 Å². The van der Waals surface area contributed by atoms with Crippen LogP contribution in [0.4, 0.5) is 18.9 Å². The van der Waals surface area contributed by atoms with Gasteiger partial charge in [-0.3, -0.25) is 24.6 Å². The van der Waals surface area contributed by atoms with Gasteiger partial charge in [-0.05, 0) is 23.8 Å². The fourth-order valence-corrected chi connectivity index (χ4v) is 3.93. The summed E-state index contributed by atoms with van der Waals surface area (Å²) in [6.45, 7) is -0.218. The van der Waals surface area contributed by atoms with Gasteiger partial charge in [-0.25, -0.2) is 4.79 Å². The first kappa shape index (κ1) is 31.1. The molecule has 1 aliphatic heterocycles. The lowest BCUT2D eigenvalue weighted by Gasteiger charge is -2.30. The maximum absolute atomic E-state index is 13.8. The molecule has 2 aromatic rings. The zero-order chi connectivity index (χ0) is 31.0. The monoisotopic (exact) mass is 586 g/mol. The number of carbonyl (C=O) groups excluding carboxylic acids is 5. The van der Waals surface area contributed by atoms with E-state index in [1.54, 1.807) is 18.2 Å². The van der Waals surface area contributed by atoms with Gasteiger partial charge in [0.05, 0.1) is 23.7 Å². The van der Waals surface area contributed by atoms with Crippen LogP contribution in [0.15, 0.2) is 48.5 Å². The molecule has 12 nitrogen and oxygen atoms in total. The summed E-state index contributed by atoms with van der Waals surface area (Å²) in [4.78, 5) is 64.7. The number of anilines is 1. The lowest BCUT2D eigenvalue weighted by atomic mass is 10.00. The molecule has 0 spiro atoms. The van der Waals surface area contributed by atoms with E-state index >= 15 is 0 Å². The fourth-order valence-electron chi connectivity index (χ4n) is 3.93. The van der Waals surface area contributed by atoms with Crippen LogP contribution in [0.1, 0.15) is 33.9 Å². The molecule has 0 saturated heterocycles. The number of likely N-dealkylation sites (N-methyl/N-ethyl adjacent to an activating group) is 1. The number of rotatable bonds is 7. The van der Waals surface area contributed by atoms with Gasteiger partial charge in [0, 0.05) is 31.6 Å². The number of nitrogens with one attached hydrogen (secondary N) is 3. The quantitative estimate of drug-likeness (QED) is 0.0921. The van der Waals surface area contributed by atoms with Gasteiger partial charge in [0.1, 0.15) is 6.54 Å². The SMILES string of the molecule is CN1C(=O)CN(C(CC(=O)OC(=O)C(F)(F)F)c2ccccc2)C(=O)c2cc(C#CC(=O)NCCNC(=N)N)ccc21. The molecule has 42 heavy (non-hydrogen) atoms. The Balaban J connectivity index is 1.93. The molecule has 2 aromatic carbocycles. The molecule has 0 radical (unpaired) electrons. The van der Waals surface area contributed by atoms with Gasteiger partial charge >= 0.3 is 18.1 Å². The molecule has 1 unspecified atom stereocenters. The third-order valence-electron chi connectivity index (χ3n) is 5.93. The van der Waals surface area contributed by atoms with Crippen LogP contribution in [0.5, 0.6) is 0 Å². The summed E-state index contributed by atoms with van der Waals surface area (Å²) in [6, 6.07) is 10.8. The normalized spacial score (nSPS) is 13.6. The predicted molar refractivity (Wildman–Crippen MR) is 142 cm³/mol. The van der Waals surface area contributed by atoms with E-state index in [-0.39, 0.29) is 35.9 Å². The minimum absolute atomic E-state index is 0.0260. The molecule has 0 bridgehead atoms. The third-order valence-corrected chi connectivity index (χ3v) is 5.93. The Hall–Kier alpha value is -5.39. The van der Waals surface area contributed by atoms with Gasteiger partial charge < -0.3 is 30.9 Å². The Kier molecular flexibility index (Phi) is 9.87. The molecule has 1 aliphatic rings. The third kappa shape index (κ3) is 8.07. The minimum Gasteiger partial charge on any atom is -0.386 e. The van der Waals surface area contributed by atoms with Crippen LogP contribution >= 0.6 is 0 Å². The van der Waals surface area contributed by atoms with E-state index in [2.05, 4.69) is 27.2 Å². The van der Waals surface area contributed by atoms with Crippen molar-refractivity contribution in [2.45, 2.75) is 18.6 Å². The molecule has 15 heteroatoms. The number of halogens is 3. The summed E-state index contributed by atoms with van der Waals surface area (Å²) in [5.41, 5.74) is 5.86. The molecule has 5 N–H and O–H groups in total. The van der Waals surface area contributed by atoms with Gasteiger partial charge in [-0.1, -0.05) is 36.3 Å². The van der Waals surface area contributed by atoms with Gasteiger partial charge in [0.15, 0.2) is 5.96 Å². The molecule has 0 fully saturated rings. The van der Waals surface area contributed by atoms with Crippen LogP contribution in [0.25, 0.3) is 0 Å². The van der Waals surface area contributed by atoms with Crippen LogP contribution in [0.3, 0.4) is 0 Å². The number of hydrogen-bond acceptors (Lipinski definition) is 7. The number of nitrogens with zero attached hydrogens (tertiary/aromatic N) is 2. The van der Waals surface area contributed by atoms with E-state index < -0.39 is 54.8 Å². The number of ether oxygens (including phenoxy) is 1. The van der Waals surface area contributed by atoms with E-state index in [0.717, 1.165) is 4.90 Å². The van der Waals surface area contributed by atoms with Crippen LogP contribution in [0.2, 0.25) is 0 Å². The van der Waals surface area contributed by atoms with Crippen molar-refractivity contribution in [2.75, 3.05) is 31.6 Å². The lowest BCUT2D eigenvalue weighted by Crippen LogP contribution is -2.41. The average Bonchev–Trinajstić information content (AvgIpc) is 3.03. The number of fused-ring (bicyclic) bond motifs is 1. The molecule has 1 heterocycles. The number of esters is 2. The van der Waals surface area contributed by atoms with Crippen LogP contribution in [0, 0.1) is 17.3 Å². The largest absolute Gasteiger partial charge is 0.491 e. The van der Waals surface area contributed by atoms with Crippen molar-refractivity contribution in [1.29, 1.82) is 5.41 Å². The summed E-state index contributed by atoms with van der Waals surface area (Å²) < 4.78 is 41.9. The predicted octanol–water partition coefficient (Wildman–Crippen LogP) is 0.819.